The molecule has 1 N–H and O–H groups in total. The first-order valence-electron chi connectivity index (χ1n) is 9.60. The van der Waals surface area contributed by atoms with E-state index in [9.17, 15) is 4.79 Å². The lowest BCUT2D eigenvalue weighted by atomic mass is 10.1. The molecule has 4 rings (SSSR count). The van der Waals surface area contributed by atoms with Crippen LogP contribution in [0.1, 0.15) is 27.3 Å². The smallest absolute Gasteiger partial charge is 0.295 e. The Balaban J connectivity index is 1.78. The molecular weight excluding hydrogens is 440 g/mol. The van der Waals surface area contributed by atoms with Gasteiger partial charge < -0.3 is 5.32 Å². The molecule has 0 aliphatic carbocycles. The van der Waals surface area contributed by atoms with Crippen LogP contribution in [0, 0.1) is 20.8 Å². The van der Waals surface area contributed by atoms with E-state index >= 15 is 0 Å². The monoisotopic (exact) mass is 460 g/mol. The zero-order valence-corrected chi connectivity index (χ0v) is 18.6. The molecule has 1 amide bonds. The third-order valence-corrected chi connectivity index (χ3v) is 5.41. The Kier molecular flexibility index (Phi) is 5.50. The fourth-order valence-electron chi connectivity index (χ4n) is 3.31. The van der Waals surface area contributed by atoms with Gasteiger partial charge in [-0.3, -0.25) is 4.79 Å². The summed E-state index contributed by atoms with van der Waals surface area (Å²) in [5, 5.41) is 7.53. The maximum Gasteiger partial charge on any atom is 0.295 e. The highest BCUT2D eigenvalue weighted by Gasteiger charge is 2.20. The van der Waals surface area contributed by atoms with Gasteiger partial charge in [0.2, 0.25) is 5.82 Å². The van der Waals surface area contributed by atoms with Crippen LogP contribution in [0.15, 0.2) is 71.2 Å². The van der Waals surface area contributed by atoms with Crippen molar-refractivity contribution in [3.05, 3.63) is 93.7 Å². The quantitative estimate of drug-likeness (QED) is 0.413. The van der Waals surface area contributed by atoms with Crippen molar-refractivity contribution in [1.29, 1.82) is 0 Å². The van der Waals surface area contributed by atoms with E-state index in [1.54, 1.807) is 4.68 Å². The van der Waals surface area contributed by atoms with Crippen LogP contribution in [0.4, 0.5) is 5.69 Å². The zero-order valence-electron chi connectivity index (χ0n) is 17.0. The molecule has 0 bridgehead atoms. The SMILES string of the molecule is Cc1cccc(-n2nc(C(=O)Nc3c(C)cccc3C)nc2-c2ccc(Br)cc2)c1. The van der Waals surface area contributed by atoms with E-state index in [-0.39, 0.29) is 11.7 Å². The molecule has 6 heteroatoms. The van der Waals surface area contributed by atoms with E-state index in [2.05, 4.69) is 31.3 Å². The largest absolute Gasteiger partial charge is 0.319 e. The van der Waals surface area contributed by atoms with Gasteiger partial charge in [-0.2, -0.15) is 0 Å². The van der Waals surface area contributed by atoms with Crippen molar-refractivity contribution in [3.63, 3.8) is 0 Å². The Bertz CT molecular complexity index is 1210. The van der Waals surface area contributed by atoms with Gasteiger partial charge in [0.05, 0.1) is 5.69 Å². The Morgan fingerprint density at radius 1 is 0.933 bits per heavy atom. The minimum Gasteiger partial charge on any atom is -0.319 e. The minimum absolute atomic E-state index is 0.122. The highest BCUT2D eigenvalue weighted by Crippen LogP contribution is 2.25. The molecule has 0 saturated carbocycles. The molecule has 0 aliphatic heterocycles. The number of halogens is 1. The van der Waals surface area contributed by atoms with E-state index in [0.29, 0.717) is 5.82 Å². The number of hydrogen-bond donors (Lipinski definition) is 1. The first-order valence-corrected chi connectivity index (χ1v) is 10.4. The number of aromatic nitrogens is 3. The molecule has 150 valence electrons. The summed E-state index contributed by atoms with van der Waals surface area (Å²) in [6.45, 7) is 5.96. The molecular formula is C24H21BrN4O. The highest BCUT2D eigenvalue weighted by atomic mass is 79.9. The Labute approximate surface area is 183 Å². The van der Waals surface area contributed by atoms with Crippen LogP contribution in [0.25, 0.3) is 17.1 Å². The van der Waals surface area contributed by atoms with Crippen LogP contribution < -0.4 is 5.32 Å². The van der Waals surface area contributed by atoms with E-state index in [0.717, 1.165) is 38.1 Å². The number of amides is 1. The Morgan fingerprint density at radius 2 is 1.60 bits per heavy atom. The number of para-hydroxylation sites is 1. The summed E-state index contributed by atoms with van der Waals surface area (Å²) in [7, 11) is 0. The Hall–Kier alpha value is -3.25. The lowest BCUT2D eigenvalue weighted by Gasteiger charge is -2.09. The van der Waals surface area contributed by atoms with Crippen LogP contribution in [0.5, 0.6) is 0 Å². The second kappa shape index (κ2) is 8.24. The molecule has 1 heterocycles. The lowest BCUT2D eigenvalue weighted by Crippen LogP contribution is -2.16. The van der Waals surface area contributed by atoms with Crippen molar-refractivity contribution >= 4 is 27.5 Å². The van der Waals surface area contributed by atoms with Crippen LogP contribution in [0.3, 0.4) is 0 Å². The molecule has 0 saturated heterocycles. The average molecular weight is 461 g/mol. The van der Waals surface area contributed by atoms with E-state index < -0.39 is 0 Å². The van der Waals surface area contributed by atoms with Gasteiger partial charge in [-0.25, -0.2) is 9.67 Å². The zero-order chi connectivity index (χ0) is 21.3. The summed E-state index contributed by atoms with van der Waals surface area (Å²) in [6.07, 6.45) is 0. The molecule has 5 nitrogen and oxygen atoms in total. The third kappa shape index (κ3) is 4.04. The molecule has 30 heavy (non-hydrogen) atoms. The van der Waals surface area contributed by atoms with Gasteiger partial charge in [-0.1, -0.05) is 58.4 Å². The van der Waals surface area contributed by atoms with Crippen molar-refractivity contribution in [2.45, 2.75) is 20.8 Å². The lowest BCUT2D eigenvalue weighted by molar-refractivity contribution is 0.101. The fourth-order valence-corrected chi connectivity index (χ4v) is 3.58. The summed E-state index contributed by atoms with van der Waals surface area (Å²) in [4.78, 5) is 17.6. The predicted octanol–water partition coefficient (Wildman–Crippen LogP) is 5.87. The predicted molar refractivity (Wildman–Crippen MR) is 123 cm³/mol. The molecule has 0 spiro atoms. The van der Waals surface area contributed by atoms with Crippen molar-refractivity contribution < 1.29 is 4.79 Å². The normalized spacial score (nSPS) is 10.8. The number of aryl methyl sites for hydroxylation is 3. The fraction of sp³-hybridized carbons (Fsp3) is 0.125. The summed E-state index contributed by atoms with van der Waals surface area (Å²) in [5.41, 5.74) is 5.61. The average Bonchev–Trinajstić information content (AvgIpc) is 3.17. The summed E-state index contributed by atoms with van der Waals surface area (Å²) in [6, 6.07) is 21.7. The van der Waals surface area contributed by atoms with Gasteiger partial charge in [0.25, 0.3) is 5.91 Å². The third-order valence-electron chi connectivity index (χ3n) is 4.88. The summed E-state index contributed by atoms with van der Waals surface area (Å²) < 4.78 is 2.69. The van der Waals surface area contributed by atoms with Gasteiger partial charge in [0, 0.05) is 15.7 Å². The number of carbonyl (C=O) groups is 1. The van der Waals surface area contributed by atoms with Crippen LogP contribution in [0.2, 0.25) is 0 Å². The van der Waals surface area contributed by atoms with Gasteiger partial charge in [0.1, 0.15) is 0 Å². The van der Waals surface area contributed by atoms with Gasteiger partial charge in [0.15, 0.2) is 5.82 Å². The molecule has 0 fully saturated rings. The summed E-state index contributed by atoms with van der Waals surface area (Å²) >= 11 is 3.46. The molecule has 0 unspecified atom stereocenters. The van der Waals surface area contributed by atoms with E-state index in [4.69, 9.17) is 0 Å². The molecule has 0 atom stereocenters. The Morgan fingerprint density at radius 3 is 2.27 bits per heavy atom. The number of carbonyl (C=O) groups excluding carboxylic acids is 1. The minimum atomic E-state index is -0.336. The number of nitrogens with zero attached hydrogens (tertiary/aromatic N) is 3. The molecule has 1 aromatic heterocycles. The maximum absolute atomic E-state index is 13.0. The van der Waals surface area contributed by atoms with Crippen LogP contribution in [-0.4, -0.2) is 20.7 Å². The standard InChI is InChI=1S/C24H21BrN4O/c1-15-6-4-9-20(14-15)29-23(18-10-12-19(25)13-11-18)27-22(28-29)24(30)26-21-16(2)7-5-8-17(21)3/h4-14H,1-3H3,(H,26,30). The molecule has 0 aliphatic rings. The topological polar surface area (TPSA) is 59.8 Å². The van der Waals surface area contributed by atoms with Crippen molar-refractivity contribution in [2.24, 2.45) is 0 Å². The highest BCUT2D eigenvalue weighted by molar-refractivity contribution is 9.10. The molecule has 3 aromatic carbocycles. The second-order valence-electron chi connectivity index (χ2n) is 7.24. The van der Waals surface area contributed by atoms with Crippen molar-refractivity contribution in [3.8, 4) is 17.1 Å². The maximum atomic E-state index is 13.0. The van der Waals surface area contributed by atoms with Crippen LogP contribution >= 0.6 is 15.9 Å². The van der Waals surface area contributed by atoms with Gasteiger partial charge >= 0.3 is 0 Å². The summed E-state index contributed by atoms with van der Waals surface area (Å²) in [5.74, 6) is 0.397. The van der Waals surface area contributed by atoms with E-state index in [1.165, 1.54) is 0 Å². The number of hydrogen-bond acceptors (Lipinski definition) is 3. The number of benzene rings is 3. The van der Waals surface area contributed by atoms with Crippen molar-refractivity contribution in [1.82, 2.24) is 14.8 Å². The molecule has 4 aromatic rings. The first-order chi connectivity index (χ1) is 14.4. The number of rotatable bonds is 4. The number of anilines is 1. The van der Waals surface area contributed by atoms with E-state index in [1.807, 2.05) is 87.5 Å². The second-order valence-corrected chi connectivity index (χ2v) is 8.15. The first kappa shape index (κ1) is 20.0. The molecule has 0 radical (unpaired) electrons. The van der Waals surface area contributed by atoms with Crippen molar-refractivity contribution in [2.75, 3.05) is 5.32 Å². The van der Waals surface area contributed by atoms with Crippen LogP contribution in [-0.2, 0) is 0 Å². The number of nitrogens with one attached hydrogen (secondary N) is 1. The van der Waals surface area contributed by atoms with Gasteiger partial charge in [-0.05, 0) is 61.7 Å². The van der Waals surface area contributed by atoms with Gasteiger partial charge in [-0.15, -0.1) is 5.10 Å².